The molecule has 1 atom stereocenters. The molecule has 0 amide bonds. The SMILES string of the molecule is COc1cc(CNC(=S)NCC(COCc2ccccc2)Cc2ccccc2)ccc1O. The van der Waals surface area contributed by atoms with Gasteiger partial charge in [0.1, 0.15) is 0 Å². The zero-order valence-corrected chi connectivity index (χ0v) is 19.1. The van der Waals surface area contributed by atoms with Gasteiger partial charge in [-0.05, 0) is 47.5 Å². The lowest BCUT2D eigenvalue weighted by molar-refractivity contribution is 0.0879. The van der Waals surface area contributed by atoms with E-state index in [-0.39, 0.29) is 11.7 Å². The van der Waals surface area contributed by atoms with Crippen molar-refractivity contribution in [2.75, 3.05) is 20.3 Å². The van der Waals surface area contributed by atoms with Gasteiger partial charge in [0.15, 0.2) is 16.6 Å². The van der Waals surface area contributed by atoms with Crippen LogP contribution in [0.1, 0.15) is 16.7 Å². The molecule has 168 valence electrons. The second kappa shape index (κ2) is 12.7. The molecule has 0 radical (unpaired) electrons. The molecule has 0 aliphatic heterocycles. The Morgan fingerprint density at radius 3 is 2.28 bits per heavy atom. The first kappa shape index (κ1) is 23.6. The van der Waals surface area contributed by atoms with Crippen LogP contribution in [-0.2, 0) is 24.3 Å². The number of phenolic OH excluding ortho intramolecular Hbond substituents is 1. The normalized spacial score (nSPS) is 11.5. The van der Waals surface area contributed by atoms with Crippen LogP contribution in [0, 0.1) is 5.92 Å². The van der Waals surface area contributed by atoms with Gasteiger partial charge in [-0.25, -0.2) is 0 Å². The van der Waals surface area contributed by atoms with E-state index in [0.717, 1.165) is 12.0 Å². The lowest BCUT2D eigenvalue weighted by atomic mass is 10.00. The topological polar surface area (TPSA) is 62.8 Å². The quantitative estimate of drug-likeness (QED) is 0.376. The summed E-state index contributed by atoms with van der Waals surface area (Å²) >= 11 is 5.47. The minimum atomic E-state index is 0.121. The number of methoxy groups -OCH3 is 1. The summed E-state index contributed by atoms with van der Waals surface area (Å²) in [4.78, 5) is 0. The molecule has 5 nitrogen and oxygen atoms in total. The number of phenols is 1. The van der Waals surface area contributed by atoms with Crippen LogP contribution in [-0.4, -0.2) is 30.5 Å². The molecule has 0 saturated heterocycles. The summed E-state index contributed by atoms with van der Waals surface area (Å²) in [5.41, 5.74) is 3.41. The second-order valence-corrected chi connectivity index (χ2v) is 8.03. The predicted octanol–water partition coefficient (Wildman–Crippen LogP) is 4.44. The maximum atomic E-state index is 9.73. The zero-order chi connectivity index (χ0) is 22.6. The molecule has 6 heteroatoms. The van der Waals surface area contributed by atoms with Crippen LogP contribution in [0.5, 0.6) is 11.5 Å². The van der Waals surface area contributed by atoms with Gasteiger partial charge in [-0.1, -0.05) is 66.7 Å². The summed E-state index contributed by atoms with van der Waals surface area (Å²) in [6.45, 7) is 2.47. The van der Waals surface area contributed by atoms with Crippen LogP contribution in [0.2, 0.25) is 0 Å². The molecule has 0 spiro atoms. The highest BCUT2D eigenvalue weighted by Gasteiger charge is 2.12. The number of nitrogens with one attached hydrogen (secondary N) is 2. The summed E-state index contributed by atoms with van der Waals surface area (Å²) in [6, 6.07) is 25.9. The Kier molecular flexibility index (Phi) is 9.35. The smallest absolute Gasteiger partial charge is 0.166 e. The maximum absolute atomic E-state index is 9.73. The fourth-order valence-corrected chi connectivity index (χ4v) is 3.52. The molecule has 3 N–H and O–H groups in total. The Balaban J connectivity index is 1.49. The molecule has 0 saturated carbocycles. The number of hydrogen-bond donors (Lipinski definition) is 3. The van der Waals surface area contributed by atoms with E-state index in [1.54, 1.807) is 12.1 Å². The zero-order valence-electron chi connectivity index (χ0n) is 18.3. The van der Waals surface area contributed by atoms with Crippen molar-refractivity contribution < 1.29 is 14.6 Å². The number of aromatic hydroxyl groups is 1. The van der Waals surface area contributed by atoms with E-state index in [1.807, 2.05) is 30.3 Å². The molecule has 0 fully saturated rings. The van der Waals surface area contributed by atoms with Gasteiger partial charge in [0, 0.05) is 19.0 Å². The van der Waals surface area contributed by atoms with Crippen LogP contribution in [0.25, 0.3) is 0 Å². The Hall–Kier alpha value is -3.09. The molecule has 1 unspecified atom stereocenters. The lowest BCUT2D eigenvalue weighted by Gasteiger charge is -2.20. The molecule has 32 heavy (non-hydrogen) atoms. The van der Waals surface area contributed by atoms with Crippen molar-refractivity contribution >= 4 is 17.3 Å². The third-order valence-electron chi connectivity index (χ3n) is 5.08. The largest absolute Gasteiger partial charge is 0.504 e. The molecular formula is C26H30N2O3S. The molecule has 0 aromatic heterocycles. The van der Waals surface area contributed by atoms with E-state index in [2.05, 4.69) is 47.0 Å². The first-order chi connectivity index (χ1) is 15.6. The van der Waals surface area contributed by atoms with E-state index < -0.39 is 0 Å². The van der Waals surface area contributed by atoms with Gasteiger partial charge in [-0.3, -0.25) is 0 Å². The lowest BCUT2D eigenvalue weighted by Crippen LogP contribution is -2.39. The summed E-state index contributed by atoms with van der Waals surface area (Å²) in [7, 11) is 1.53. The number of ether oxygens (including phenoxy) is 2. The fourth-order valence-electron chi connectivity index (χ4n) is 3.37. The number of hydrogen-bond acceptors (Lipinski definition) is 4. The Bertz CT molecular complexity index is 967. The van der Waals surface area contributed by atoms with Crippen LogP contribution in [0.3, 0.4) is 0 Å². The Labute approximate surface area is 195 Å². The van der Waals surface area contributed by atoms with Gasteiger partial charge in [0.25, 0.3) is 0 Å². The maximum Gasteiger partial charge on any atom is 0.166 e. The first-order valence-corrected chi connectivity index (χ1v) is 11.1. The molecule has 3 aromatic rings. The molecule has 0 aliphatic carbocycles. The molecular weight excluding hydrogens is 420 g/mol. The summed E-state index contributed by atoms with van der Waals surface area (Å²) in [6.07, 6.45) is 0.903. The van der Waals surface area contributed by atoms with Crippen LogP contribution in [0.4, 0.5) is 0 Å². The van der Waals surface area contributed by atoms with Crippen molar-refractivity contribution in [2.24, 2.45) is 5.92 Å². The molecule has 3 aromatic carbocycles. The van der Waals surface area contributed by atoms with Crippen LogP contribution >= 0.6 is 12.2 Å². The third-order valence-corrected chi connectivity index (χ3v) is 5.37. The first-order valence-electron chi connectivity index (χ1n) is 10.7. The monoisotopic (exact) mass is 450 g/mol. The number of rotatable bonds is 11. The minimum absolute atomic E-state index is 0.121. The van der Waals surface area contributed by atoms with E-state index in [9.17, 15) is 5.11 Å². The van der Waals surface area contributed by atoms with Crippen LogP contribution < -0.4 is 15.4 Å². The van der Waals surface area contributed by atoms with E-state index in [4.69, 9.17) is 21.7 Å². The van der Waals surface area contributed by atoms with E-state index in [0.29, 0.717) is 37.2 Å². The van der Waals surface area contributed by atoms with Gasteiger partial charge in [0.05, 0.1) is 20.3 Å². The molecule has 0 bridgehead atoms. The molecule has 3 rings (SSSR count). The van der Waals surface area contributed by atoms with Crippen molar-refractivity contribution in [1.82, 2.24) is 10.6 Å². The van der Waals surface area contributed by atoms with E-state index in [1.165, 1.54) is 18.2 Å². The van der Waals surface area contributed by atoms with Gasteiger partial charge in [0.2, 0.25) is 0 Å². The molecule has 0 heterocycles. The summed E-state index contributed by atoms with van der Waals surface area (Å²) in [5.74, 6) is 0.840. The van der Waals surface area contributed by atoms with Crippen molar-refractivity contribution in [2.45, 2.75) is 19.6 Å². The average molecular weight is 451 g/mol. The Morgan fingerprint density at radius 2 is 1.59 bits per heavy atom. The third kappa shape index (κ3) is 7.87. The highest BCUT2D eigenvalue weighted by atomic mass is 32.1. The highest BCUT2D eigenvalue weighted by molar-refractivity contribution is 7.80. The second-order valence-electron chi connectivity index (χ2n) is 7.63. The van der Waals surface area contributed by atoms with Crippen LogP contribution in [0.15, 0.2) is 78.9 Å². The Morgan fingerprint density at radius 1 is 0.906 bits per heavy atom. The number of thiocarbonyl (C=S) groups is 1. The summed E-state index contributed by atoms with van der Waals surface area (Å²) in [5, 5.41) is 16.8. The predicted molar refractivity (Wildman–Crippen MR) is 132 cm³/mol. The summed E-state index contributed by atoms with van der Waals surface area (Å²) < 4.78 is 11.2. The highest BCUT2D eigenvalue weighted by Crippen LogP contribution is 2.26. The fraction of sp³-hybridized carbons (Fsp3) is 0.269. The number of benzene rings is 3. The van der Waals surface area contributed by atoms with Crippen molar-refractivity contribution in [3.63, 3.8) is 0 Å². The van der Waals surface area contributed by atoms with Crippen molar-refractivity contribution in [1.29, 1.82) is 0 Å². The van der Waals surface area contributed by atoms with Crippen molar-refractivity contribution in [3.05, 3.63) is 95.6 Å². The van der Waals surface area contributed by atoms with Gasteiger partial charge in [-0.15, -0.1) is 0 Å². The standard InChI is InChI=1S/C26H30N2O3S/c1-30-25-15-22(12-13-24(25)29)16-27-26(32)28-17-23(14-20-8-4-2-5-9-20)19-31-18-21-10-6-3-7-11-21/h2-13,15,23,29H,14,16-19H2,1H3,(H2,27,28,32). The van der Waals surface area contributed by atoms with Crippen molar-refractivity contribution in [3.8, 4) is 11.5 Å². The van der Waals surface area contributed by atoms with Gasteiger partial charge in [-0.2, -0.15) is 0 Å². The van der Waals surface area contributed by atoms with E-state index >= 15 is 0 Å². The van der Waals surface area contributed by atoms with Gasteiger partial charge >= 0.3 is 0 Å². The molecule has 0 aliphatic rings. The van der Waals surface area contributed by atoms with Gasteiger partial charge < -0.3 is 25.2 Å². The average Bonchev–Trinajstić information content (AvgIpc) is 2.83. The minimum Gasteiger partial charge on any atom is -0.504 e.